The van der Waals surface area contributed by atoms with E-state index in [2.05, 4.69) is 32.7 Å². The summed E-state index contributed by atoms with van der Waals surface area (Å²) < 4.78 is 0. The van der Waals surface area contributed by atoms with E-state index < -0.39 is 0 Å². The van der Waals surface area contributed by atoms with Crippen LogP contribution in [-0.4, -0.2) is 30.1 Å². The predicted molar refractivity (Wildman–Crippen MR) is 87.8 cm³/mol. The van der Waals surface area contributed by atoms with E-state index in [0.29, 0.717) is 11.5 Å². The monoisotopic (exact) mass is 280 g/mol. The third kappa shape index (κ3) is 3.76. The molecule has 0 unspecified atom stereocenters. The van der Waals surface area contributed by atoms with Crippen LogP contribution in [0.25, 0.3) is 0 Å². The normalized spacial score (nSPS) is 36.3. The van der Waals surface area contributed by atoms with E-state index in [9.17, 15) is 0 Å². The molecule has 0 aromatic carbocycles. The summed E-state index contributed by atoms with van der Waals surface area (Å²) in [6.45, 7) is 7.28. The largest absolute Gasteiger partial charge is 0.328 e. The first-order chi connectivity index (χ1) is 9.44. The highest BCUT2D eigenvalue weighted by molar-refractivity contribution is 4.88. The Balaban J connectivity index is 1.81. The van der Waals surface area contributed by atoms with E-state index >= 15 is 0 Å². The fourth-order valence-electron chi connectivity index (χ4n) is 4.36. The zero-order valence-electron chi connectivity index (χ0n) is 14.2. The van der Waals surface area contributed by atoms with Crippen molar-refractivity contribution in [3.63, 3.8) is 0 Å². The van der Waals surface area contributed by atoms with Gasteiger partial charge in [-0.15, -0.1) is 0 Å². The minimum atomic E-state index is 0.473. The highest BCUT2D eigenvalue weighted by atomic mass is 15.2. The molecule has 0 saturated heterocycles. The Morgan fingerprint density at radius 1 is 0.900 bits per heavy atom. The first kappa shape index (κ1) is 16.3. The van der Waals surface area contributed by atoms with Crippen LogP contribution in [0.4, 0.5) is 0 Å². The minimum Gasteiger partial charge on any atom is -0.328 e. The molecule has 20 heavy (non-hydrogen) atoms. The number of hydrogen-bond donors (Lipinski definition) is 1. The molecule has 0 spiro atoms. The van der Waals surface area contributed by atoms with Crippen LogP contribution in [-0.2, 0) is 0 Å². The van der Waals surface area contributed by atoms with E-state index in [0.717, 1.165) is 18.0 Å². The highest BCUT2D eigenvalue weighted by Crippen LogP contribution is 2.41. The van der Waals surface area contributed by atoms with E-state index in [4.69, 9.17) is 5.73 Å². The summed E-state index contributed by atoms with van der Waals surface area (Å²) in [5, 5.41) is 0. The molecule has 2 fully saturated rings. The van der Waals surface area contributed by atoms with Gasteiger partial charge in [0, 0.05) is 18.1 Å². The van der Waals surface area contributed by atoms with Crippen LogP contribution < -0.4 is 5.73 Å². The van der Waals surface area contributed by atoms with Gasteiger partial charge in [-0.25, -0.2) is 0 Å². The molecule has 2 aliphatic carbocycles. The zero-order valence-corrected chi connectivity index (χ0v) is 14.2. The van der Waals surface area contributed by atoms with Crippen molar-refractivity contribution in [2.75, 3.05) is 7.05 Å². The Labute approximate surface area is 126 Å². The SMILES string of the molecule is CCC(C)(C)C1CCC(N(C)C2CCC(N)CC2)CC1. The molecule has 2 aliphatic rings. The second-order valence-corrected chi connectivity index (χ2v) is 8.08. The van der Waals surface area contributed by atoms with Gasteiger partial charge in [0.05, 0.1) is 0 Å². The summed E-state index contributed by atoms with van der Waals surface area (Å²) >= 11 is 0. The molecule has 0 radical (unpaired) electrons. The fourth-order valence-corrected chi connectivity index (χ4v) is 4.36. The van der Waals surface area contributed by atoms with Crippen LogP contribution in [0.5, 0.6) is 0 Å². The predicted octanol–water partition coefficient (Wildman–Crippen LogP) is 4.18. The van der Waals surface area contributed by atoms with Crippen molar-refractivity contribution in [3.05, 3.63) is 0 Å². The number of nitrogens with two attached hydrogens (primary N) is 1. The maximum atomic E-state index is 6.04. The Kier molecular flexibility index (Phi) is 5.53. The average molecular weight is 280 g/mol. The number of nitrogens with zero attached hydrogens (tertiary/aromatic N) is 1. The number of hydrogen-bond acceptors (Lipinski definition) is 2. The molecule has 2 nitrogen and oxygen atoms in total. The third-order valence-electron chi connectivity index (χ3n) is 6.61. The van der Waals surface area contributed by atoms with Crippen LogP contribution in [0.2, 0.25) is 0 Å². The van der Waals surface area contributed by atoms with Crippen molar-refractivity contribution in [1.82, 2.24) is 4.90 Å². The third-order valence-corrected chi connectivity index (χ3v) is 6.61. The summed E-state index contributed by atoms with van der Waals surface area (Å²) in [7, 11) is 2.37. The van der Waals surface area contributed by atoms with Crippen molar-refractivity contribution in [3.8, 4) is 0 Å². The van der Waals surface area contributed by atoms with Crippen molar-refractivity contribution >= 4 is 0 Å². The topological polar surface area (TPSA) is 29.3 Å². The van der Waals surface area contributed by atoms with Gasteiger partial charge in [-0.2, -0.15) is 0 Å². The van der Waals surface area contributed by atoms with E-state index in [1.807, 2.05) is 0 Å². The van der Waals surface area contributed by atoms with Gasteiger partial charge in [0.15, 0.2) is 0 Å². The zero-order chi connectivity index (χ0) is 14.8. The fraction of sp³-hybridized carbons (Fsp3) is 1.00. The van der Waals surface area contributed by atoms with Crippen LogP contribution in [0.15, 0.2) is 0 Å². The standard InChI is InChI=1S/C18H36N2/c1-5-18(2,3)14-6-10-16(11-7-14)20(4)17-12-8-15(19)9-13-17/h14-17H,5-13,19H2,1-4H3. The Morgan fingerprint density at radius 3 is 1.80 bits per heavy atom. The Morgan fingerprint density at radius 2 is 1.35 bits per heavy atom. The van der Waals surface area contributed by atoms with Gasteiger partial charge in [0.25, 0.3) is 0 Å². The first-order valence-electron chi connectivity index (χ1n) is 8.91. The molecule has 118 valence electrons. The van der Waals surface area contributed by atoms with E-state index in [1.54, 1.807) is 0 Å². The lowest BCUT2D eigenvalue weighted by Gasteiger charge is -2.44. The van der Waals surface area contributed by atoms with Gasteiger partial charge in [0.2, 0.25) is 0 Å². The second kappa shape index (κ2) is 6.79. The van der Waals surface area contributed by atoms with Gasteiger partial charge in [0.1, 0.15) is 0 Å². The molecule has 2 saturated carbocycles. The molecule has 2 rings (SSSR count). The van der Waals surface area contributed by atoms with Crippen molar-refractivity contribution in [2.24, 2.45) is 17.1 Å². The first-order valence-corrected chi connectivity index (χ1v) is 8.91. The van der Waals surface area contributed by atoms with Crippen LogP contribution in [0.1, 0.15) is 78.6 Å². The maximum absolute atomic E-state index is 6.04. The summed E-state index contributed by atoms with van der Waals surface area (Å²) in [5.74, 6) is 0.942. The van der Waals surface area contributed by atoms with Crippen LogP contribution in [0, 0.1) is 11.3 Å². The van der Waals surface area contributed by atoms with Gasteiger partial charge < -0.3 is 10.6 Å². The molecule has 0 atom stereocenters. The van der Waals surface area contributed by atoms with Crippen molar-refractivity contribution in [2.45, 2.75) is 96.7 Å². The van der Waals surface area contributed by atoms with E-state index in [1.165, 1.54) is 57.8 Å². The number of rotatable bonds is 4. The van der Waals surface area contributed by atoms with Gasteiger partial charge in [-0.1, -0.05) is 27.2 Å². The summed E-state index contributed by atoms with van der Waals surface area (Å²) in [4.78, 5) is 2.71. The minimum absolute atomic E-state index is 0.473. The molecule has 2 heteroatoms. The molecule has 0 bridgehead atoms. The van der Waals surface area contributed by atoms with Crippen molar-refractivity contribution in [1.29, 1.82) is 0 Å². The van der Waals surface area contributed by atoms with E-state index in [-0.39, 0.29) is 0 Å². The Bertz CT molecular complexity index is 284. The lowest BCUT2D eigenvalue weighted by molar-refractivity contribution is 0.0637. The van der Waals surface area contributed by atoms with Crippen molar-refractivity contribution < 1.29 is 0 Å². The molecular weight excluding hydrogens is 244 g/mol. The van der Waals surface area contributed by atoms with Crippen LogP contribution in [0.3, 0.4) is 0 Å². The van der Waals surface area contributed by atoms with Gasteiger partial charge in [-0.05, 0) is 69.7 Å². The lowest BCUT2D eigenvalue weighted by Crippen LogP contribution is -2.46. The molecule has 0 aliphatic heterocycles. The molecule has 0 aromatic rings. The summed E-state index contributed by atoms with van der Waals surface area (Å²) in [5.41, 5.74) is 6.58. The highest BCUT2D eigenvalue weighted by Gasteiger charge is 2.34. The summed E-state index contributed by atoms with van der Waals surface area (Å²) in [6.07, 6.45) is 12.1. The maximum Gasteiger partial charge on any atom is 0.00962 e. The second-order valence-electron chi connectivity index (χ2n) is 8.08. The van der Waals surface area contributed by atoms with Gasteiger partial charge in [-0.3, -0.25) is 0 Å². The molecule has 0 amide bonds. The smallest absolute Gasteiger partial charge is 0.00962 e. The molecular formula is C18H36N2. The molecule has 0 aromatic heterocycles. The van der Waals surface area contributed by atoms with Crippen LogP contribution >= 0.6 is 0 Å². The average Bonchev–Trinajstić information content (AvgIpc) is 2.47. The lowest BCUT2D eigenvalue weighted by atomic mass is 9.68. The quantitative estimate of drug-likeness (QED) is 0.837. The van der Waals surface area contributed by atoms with Gasteiger partial charge >= 0.3 is 0 Å². The molecule has 0 heterocycles. The summed E-state index contributed by atoms with van der Waals surface area (Å²) in [6, 6.07) is 2.11. The molecule has 2 N–H and O–H groups in total. The Hall–Kier alpha value is -0.0800.